The van der Waals surface area contributed by atoms with Crippen LogP contribution in [0.15, 0.2) is 48.8 Å². The molecule has 4 heterocycles. The third-order valence-electron chi connectivity index (χ3n) is 5.49. The minimum Gasteiger partial charge on any atom is -0.356 e. The van der Waals surface area contributed by atoms with Gasteiger partial charge in [0.15, 0.2) is 12.0 Å². The number of aromatic nitrogens is 4. The minimum absolute atomic E-state index is 0.0257. The largest absolute Gasteiger partial charge is 0.356 e. The van der Waals surface area contributed by atoms with E-state index in [0.717, 1.165) is 59.5 Å². The number of nitrogens with zero attached hydrogens (tertiary/aromatic N) is 4. The molecule has 0 spiro atoms. The highest BCUT2D eigenvalue weighted by Crippen LogP contribution is 2.31. The fraction of sp³-hybridized carbons (Fsp3) is 0.348. The summed E-state index contributed by atoms with van der Waals surface area (Å²) in [5, 5.41) is 10.6. The number of pyridine rings is 2. The van der Waals surface area contributed by atoms with Crippen LogP contribution in [0.4, 0.5) is 11.5 Å². The van der Waals surface area contributed by atoms with E-state index >= 15 is 0 Å². The van der Waals surface area contributed by atoms with Crippen LogP contribution in [0.3, 0.4) is 0 Å². The lowest BCUT2D eigenvalue weighted by molar-refractivity contribution is -0.0365. The van der Waals surface area contributed by atoms with Crippen LogP contribution in [-0.2, 0) is 4.74 Å². The van der Waals surface area contributed by atoms with Crippen LogP contribution in [0, 0.1) is 0 Å². The maximum absolute atomic E-state index is 5.97. The maximum atomic E-state index is 5.97. The van der Waals surface area contributed by atoms with Crippen molar-refractivity contribution >= 4 is 33.3 Å². The summed E-state index contributed by atoms with van der Waals surface area (Å²) >= 11 is 0. The monoisotopic (exact) mass is 387 g/mol. The van der Waals surface area contributed by atoms with Gasteiger partial charge in [-0.1, -0.05) is 19.9 Å². The number of nitrogens with one attached hydrogen (secondary N) is 1. The zero-order chi connectivity index (χ0) is 19.8. The first-order valence-corrected chi connectivity index (χ1v) is 10.3. The Kier molecular flexibility index (Phi) is 4.64. The van der Waals surface area contributed by atoms with Crippen LogP contribution >= 0.6 is 0 Å². The van der Waals surface area contributed by atoms with Crippen LogP contribution in [-0.4, -0.2) is 26.4 Å². The number of ether oxygens (including phenoxy) is 1. The Balaban J connectivity index is 1.53. The highest BCUT2D eigenvalue weighted by atomic mass is 16.5. The number of anilines is 2. The SMILES string of the molecule is CC(C)c1cc2cc(Nc3nn(C4CCCCO4)c4cccnc34)ccc2cn1. The van der Waals surface area contributed by atoms with E-state index in [4.69, 9.17) is 9.84 Å². The van der Waals surface area contributed by atoms with E-state index in [2.05, 4.69) is 59.5 Å². The molecule has 1 aliphatic rings. The molecule has 1 atom stereocenters. The van der Waals surface area contributed by atoms with Crippen LogP contribution in [0.2, 0.25) is 0 Å². The Morgan fingerprint density at radius 3 is 2.86 bits per heavy atom. The second kappa shape index (κ2) is 7.44. The predicted molar refractivity (Wildman–Crippen MR) is 115 cm³/mol. The minimum atomic E-state index is -0.0257. The average molecular weight is 387 g/mol. The van der Waals surface area contributed by atoms with E-state index in [1.54, 1.807) is 0 Å². The Labute approximate surface area is 169 Å². The lowest BCUT2D eigenvalue weighted by Crippen LogP contribution is -2.19. The van der Waals surface area contributed by atoms with Gasteiger partial charge in [-0.2, -0.15) is 0 Å². The molecule has 5 rings (SSSR count). The van der Waals surface area contributed by atoms with Crippen molar-refractivity contribution in [2.75, 3.05) is 11.9 Å². The van der Waals surface area contributed by atoms with E-state index < -0.39 is 0 Å². The summed E-state index contributed by atoms with van der Waals surface area (Å²) in [5.74, 6) is 1.16. The molecule has 0 radical (unpaired) electrons. The number of hydrogen-bond donors (Lipinski definition) is 1. The molecule has 1 N–H and O–H groups in total. The number of rotatable bonds is 4. The molecular weight excluding hydrogens is 362 g/mol. The van der Waals surface area contributed by atoms with Gasteiger partial charge in [0.25, 0.3) is 0 Å². The van der Waals surface area contributed by atoms with Crippen LogP contribution in [0.5, 0.6) is 0 Å². The summed E-state index contributed by atoms with van der Waals surface area (Å²) in [4.78, 5) is 9.14. The van der Waals surface area contributed by atoms with Crippen molar-refractivity contribution in [3.05, 3.63) is 54.5 Å². The zero-order valence-electron chi connectivity index (χ0n) is 16.8. The van der Waals surface area contributed by atoms with Crippen molar-refractivity contribution in [1.29, 1.82) is 0 Å². The molecule has 1 aliphatic heterocycles. The molecular formula is C23H25N5O. The Hall–Kier alpha value is -2.99. The highest BCUT2D eigenvalue weighted by molar-refractivity contribution is 5.91. The van der Waals surface area contributed by atoms with Gasteiger partial charge in [-0.15, -0.1) is 5.10 Å². The summed E-state index contributed by atoms with van der Waals surface area (Å²) in [6, 6.07) is 12.5. The first kappa shape index (κ1) is 18.1. The van der Waals surface area contributed by atoms with Gasteiger partial charge < -0.3 is 10.1 Å². The van der Waals surface area contributed by atoms with Gasteiger partial charge in [0, 0.05) is 35.8 Å². The first-order valence-electron chi connectivity index (χ1n) is 10.3. The van der Waals surface area contributed by atoms with Gasteiger partial charge in [0.05, 0.1) is 5.52 Å². The molecule has 0 saturated carbocycles. The van der Waals surface area contributed by atoms with Crippen molar-refractivity contribution in [1.82, 2.24) is 19.7 Å². The predicted octanol–water partition coefficient (Wildman–Crippen LogP) is 5.55. The maximum Gasteiger partial charge on any atom is 0.179 e. The van der Waals surface area contributed by atoms with E-state index in [9.17, 15) is 0 Å². The lowest BCUT2D eigenvalue weighted by atomic mass is 10.1. The number of benzene rings is 1. The molecule has 1 fully saturated rings. The van der Waals surface area contributed by atoms with Crippen molar-refractivity contribution in [2.24, 2.45) is 0 Å². The lowest BCUT2D eigenvalue weighted by Gasteiger charge is -2.23. The highest BCUT2D eigenvalue weighted by Gasteiger charge is 2.21. The molecule has 29 heavy (non-hydrogen) atoms. The van der Waals surface area contributed by atoms with Gasteiger partial charge in [-0.25, -0.2) is 4.68 Å². The number of fused-ring (bicyclic) bond motifs is 2. The Morgan fingerprint density at radius 2 is 2.03 bits per heavy atom. The first-order chi connectivity index (χ1) is 14.2. The van der Waals surface area contributed by atoms with Crippen molar-refractivity contribution in [3.63, 3.8) is 0 Å². The summed E-state index contributed by atoms with van der Waals surface area (Å²) in [5.41, 5.74) is 3.94. The third-order valence-corrected chi connectivity index (χ3v) is 5.49. The van der Waals surface area contributed by atoms with Crippen LogP contribution < -0.4 is 5.32 Å². The molecule has 4 aromatic rings. The van der Waals surface area contributed by atoms with Gasteiger partial charge in [-0.3, -0.25) is 9.97 Å². The number of hydrogen-bond acceptors (Lipinski definition) is 5. The molecule has 1 unspecified atom stereocenters. The van der Waals surface area contributed by atoms with E-state index in [0.29, 0.717) is 5.92 Å². The molecule has 148 valence electrons. The van der Waals surface area contributed by atoms with Crippen LogP contribution in [0.1, 0.15) is 50.9 Å². The van der Waals surface area contributed by atoms with Crippen LogP contribution in [0.25, 0.3) is 21.8 Å². The van der Waals surface area contributed by atoms with E-state index in [1.807, 2.05) is 23.1 Å². The van der Waals surface area contributed by atoms with Crippen molar-refractivity contribution in [2.45, 2.75) is 45.3 Å². The normalized spacial score (nSPS) is 17.3. The smallest absolute Gasteiger partial charge is 0.179 e. The Bertz CT molecular complexity index is 1160. The summed E-state index contributed by atoms with van der Waals surface area (Å²) in [6.07, 6.45) is 6.98. The van der Waals surface area contributed by atoms with E-state index in [1.165, 1.54) is 5.39 Å². The standard InChI is InChI=1S/C23H25N5O/c1-15(2)19-13-17-12-18(9-8-16(17)14-25-19)26-23-22-20(6-5-10-24-22)28(27-23)21-7-3-4-11-29-21/h5-6,8-10,12-15,21H,3-4,7,11H2,1-2H3,(H,26,27). The van der Waals surface area contributed by atoms with Gasteiger partial charge in [0.2, 0.25) is 0 Å². The van der Waals surface area contributed by atoms with Crippen molar-refractivity contribution in [3.8, 4) is 0 Å². The van der Waals surface area contributed by atoms with Gasteiger partial charge in [0.1, 0.15) is 5.52 Å². The molecule has 1 saturated heterocycles. The summed E-state index contributed by atoms with van der Waals surface area (Å²) in [7, 11) is 0. The second-order valence-electron chi connectivity index (χ2n) is 7.94. The molecule has 1 aromatic carbocycles. The van der Waals surface area contributed by atoms with Gasteiger partial charge >= 0.3 is 0 Å². The molecule has 6 heteroatoms. The Morgan fingerprint density at radius 1 is 1.10 bits per heavy atom. The topological polar surface area (TPSA) is 64.9 Å². The van der Waals surface area contributed by atoms with Crippen molar-refractivity contribution < 1.29 is 4.74 Å². The fourth-order valence-corrected chi connectivity index (χ4v) is 3.88. The molecule has 0 aliphatic carbocycles. The third kappa shape index (κ3) is 3.44. The quantitative estimate of drug-likeness (QED) is 0.498. The second-order valence-corrected chi connectivity index (χ2v) is 7.94. The molecule has 3 aromatic heterocycles. The van der Waals surface area contributed by atoms with E-state index in [-0.39, 0.29) is 6.23 Å². The van der Waals surface area contributed by atoms with Gasteiger partial charge in [-0.05, 0) is 60.9 Å². The zero-order valence-corrected chi connectivity index (χ0v) is 16.8. The molecule has 6 nitrogen and oxygen atoms in total. The fourth-order valence-electron chi connectivity index (χ4n) is 3.88. The average Bonchev–Trinajstić information content (AvgIpc) is 3.12. The summed E-state index contributed by atoms with van der Waals surface area (Å²) in [6.45, 7) is 5.11. The molecule has 0 bridgehead atoms. The summed E-state index contributed by atoms with van der Waals surface area (Å²) < 4.78 is 7.94. The molecule has 0 amide bonds.